The molecule has 1 aromatic heterocycles. The van der Waals surface area contributed by atoms with E-state index in [4.69, 9.17) is 0 Å². The van der Waals surface area contributed by atoms with Crippen LogP contribution in [0.2, 0.25) is 0 Å². The number of pyridine rings is 1. The number of nitrogens with one attached hydrogen (secondary N) is 3. The number of carbonyl (C=O) groups excluding carboxylic acids is 6. The number of aliphatic imine (C=N–C) groups is 2. The molecule has 0 bridgehead atoms. The first-order valence-electron chi connectivity index (χ1n) is 20.9. The molecule has 1 fully saturated rings. The van der Waals surface area contributed by atoms with Crippen molar-refractivity contribution in [2.24, 2.45) is 21.8 Å². The van der Waals surface area contributed by atoms with Gasteiger partial charge in [-0.05, 0) is 89.1 Å². The van der Waals surface area contributed by atoms with Crippen LogP contribution in [0.3, 0.4) is 0 Å². The summed E-state index contributed by atoms with van der Waals surface area (Å²) in [4.78, 5) is 100. The van der Waals surface area contributed by atoms with E-state index >= 15 is 0 Å². The van der Waals surface area contributed by atoms with E-state index in [0.717, 1.165) is 22.5 Å². The Morgan fingerprint density at radius 2 is 1.70 bits per heavy atom. The van der Waals surface area contributed by atoms with Crippen LogP contribution < -0.4 is 20.9 Å². The highest BCUT2D eigenvalue weighted by Crippen LogP contribution is 2.28. The summed E-state index contributed by atoms with van der Waals surface area (Å²) in [5, 5.41) is 8.73. The van der Waals surface area contributed by atoms with Gasteiger partial charge in [0.05, 0.1) is 17.9 Å². The Labute approximate surface area is 358 Å². The number of likely N-dealkylation sites (tertiary alicyclic amines) is 1. The number of anilines is 2. The van der Waals surface area contributed by atoms with Crippen LogP contribution in [0.1, 0.15) is 87.5 Å². The Hall–Kier alpha value is -6.25. The predicted octanol–water partition coefficient (Wildman–Crippen LogP) is 5.50. The Kier molecular flexibility index (Phi) is 15.3. The zero-order valence-electron chi connectivity index (χ0n) is 36.5. The maximum absolute atomic E-state index is 14.5. The summed E-state index contributed by atoms with van der Waals surface area (Å²) in [7, 11) is 1.65. The number of hydrogen-bond acceptors (Lipinski definition) is 10. The number of nitrogens with zero attached hydrogens (tertiary/aromatic N) is 6. The molecule has 0 spiro atoms. The lowest BCUT2D eigenvalue weighted by atomic mass is 9.90. The highest BCUT2D eigenvalue weighted by molar-refractivity contribution is 6.03. The van der Waals surface area contributed by atoms with Crippen molar-refractivity contribution in [3.05, 3.63) is 89.2 Å². The molecule has 2 aliphatic heterocycles. The lowest BCUT2D eigenvalue weighted by Crippen LogP contribution is -2.61. The van der Waals surface area contributed by atoms with Gasteiger partial charge in [-0.1, -0.05) is 56.3 Å². The minimum Gasteiger partial charge on any atom is -0.344 e. The third-order valence-electron chi connectivity index (χ3n) is 11.0. The highest BCUT2D eigenvalue weighted by atomic mass is 16.2. The number of urea groups is 1. The van der Waals surface area contributed by atoms with Crippen molar-refractivity contribution < 1.29 is 28.8 Å². The van der Waals surface area contributed by atoms with E-state index in [1.165, 1.54) is 16.7 Å². The minimum atomic E-state index is -1.37. The quantitative estimate of drug-likeness (QED) is 0.178. The van der Waals surface area contributed by atoms with Crippen molar-refractivity contribution in [3.63, 3.8) is 0 Å². The molecule has 2 aliphatic rings. The summed E-state index contributed by atoms with van der Waals surface area (Å²) in [6.07, 6.45) is 4.87. The van der Waals surface area contributed by atoms with Gasteiger partial charge in [-0.15, -0.1) is 0 Å². The number of carbonyl (C=O) groups is 6. The standard InChI is InChI=1S/C46H59N9O6/c1-29(2)40(32(5)56)51-43(60)46(6,7)52-41(58)37-16-12-22-54(37)42(59)35(24-33-14-10-9-11-15-33)26-39(57)34-19-17-30(3)38(25-34)55-23-13-21-47-44(49-28-53(8)45(55)61)50-36-20-18-31(4)48-27-36/h9-11,14-15,17-21,25,27,29,35,37,40H,12-13,16,22-24,26,28H2,1-8H3,(H,49,50)(H,51,60)(H,52,58)/t35-,37+,40+/m1/s1. The summed E-state index contributed by atoms with van der Waals surface area (Å²) in [6, 6.07) is 16.5. The topological polar surface area (TPSA) is 186 Å². The molecular formula is C46H59N9O6. The Morgan fingerprint density at radius 3 is 2.38 bits per heavy atom. The predicted molar refractivity (Wildman–Crippen MR) is 237 cm³/mol. The van der Waals surface area contributed by atoms with Gasteiger partial charge >= 0.3 is 6.03 Å². The smallest absolute Gasteiger partial charge is 0.325 e. The third-order valence-corrected chi connectivity index (χ3v) is 11.0. The number of rotatable bonds is 14. The molecule has 0 radical (unpaired) electrons. The summed E-state index contributed by atoms with van der Waals surface area (Å²) < 4.78 is 0. The van der Waals surface area contributed by atoms with Crippen molar-refractivity contribution in [1.29, 1.82) is 0 Å². The van der Waals surface area contributed by atoms with Crippen molar-refractivity contribution >= 4 is 58.9 Å². The van der Waals surface area contributed by atoms with E-state index in [0.29, 0.717) is 43.0 Å². The fourth-order valence-electron chi connectivity index (χ4n) is 7.49. The molecule has 15 nitrogen and oxygen atoms in total. The molecule has 0 aliphatic carbocycles. The van der Waals surface area contributed by atoms with Gasteiger partial charge in [0.15, 0.2) is 11.6 Å². The maximum atomic E-state index is 14.5. The first-order valence-corrected chi connectivity index (χ1v) is 20.9. The molecule has 1 saturated heterocycles. The molecule has 61 heavy (non-hydrogen) atoms. The van der Waals surface area contributed by atoms with Crippen LogP contribution in [0.15, 0.2) is 76.8 Å². The molecule has 3 heterocycles. The average molecular weight is 834 g/mol. The Bertz CT molecular complexity index is 2150. The molecule has 0 unspecified atom stereocenters. The molecule has 5 amide bonds. The highest BCUT2D eigenvalue weighted by Gasteiger charge is 2.41. The molecule has 0 saturated carbocycles. The lowest BCUT2D eigenvalue weighted by molar-refractivity contribution is -0.143. The van der Waals surface area contributed by atoms with Crippen LogP contribution in [0, 0.1) is 25.7 Å². The summed E-state index contributed by atoms with van der Waals surface area (Å²) in [5.41, 5.74) is 2.77. The second kappa shape index (κ2) is 20.3. The third kappa shape index (κ3) is 12.0. The van der Waals surface area contributed by atoms with Crippen LogP contribution in [-0.2, 0) is 25.6 Å². The van der Waals surface area contributed by atoms with Gasteiger partial charge in [-0.2, -0.15) is 0 Å². The van der Waals surface area contributed by atoms with Gasteiger partial charge in [-0.25, -0.2) is 14.8 Å². The summed E-state index contributed by atoms with van der Waals surface area (Å²) >= 11 is 0. The monoisotopic (exact) mass is 833 g/mol. The molecule has 324 valence electrons. The van der Waals surface area contributed by atoms with E-state index in [1.807, 2.05) is 70.2 Å². The number of benzene rings is 2. The zero-order chi connectivity index (χ0) is 44.4. The number of ketones is 2. The van der Waals surface area contributed by atoms with E-state index < -0.39 is 35.4 Å². The van der Waals surface area contributed by atoms with Crippen molar-refractivity contribution in [2.75, 3.05) is 37.0 Å². The van der Waals surface area contributed by atoms with Crippen LogP contribution in [0.5, 0.6) is 0 Å². The van der Waals surface area contributed by atoms with Gasteiger partial charge in [0.2, 0.25) is 23.7 Å². The fourth-order valence-corrected chi connectivity index (χ4v) is 7.49. The van der Waals surface area contributed by atoms with Crippen LogP contribution in [-0.4, -0.2) is 107 Å². The number of hydrogen-bond donors (Lipinski definition) is 3. The second-order valence-electron chi connectivity index (χ2n) is 16.8. The number of aromatic nitrogens is 1. The van der Waals surface area contributed by atoms with E-state index in [1.54, 1.807) is 56.4 Å². The van der Waals surface area contributed by atoms with Gasteiger partial charge in [0.1, 0.15) is 18.2 Å². The maximum Gasteiger partial charge on any atom is 0.325 e. The molecule has 15 heteroatoms. The lowest BCUT2D eigenvalue weighted by Gasteiger charge is -2.33. The fraction of sp³-hybridized carbons (Fsp3) is 0.457. The van der Waals surface area contributed by atoms with Crippen molar-refractivity contribution in [2.45, 2.75) is 98.2 Å². The summed E-state index contributed by atoms with van der Waals surface area (Å²) in [6.45, 7) is 12.6. The Balaban J connectivity index is 1.33. The van der Waals surface area contributed by atoms with Crippen LogP contribution in [0.4, 0.5) is 16.2 Å². The first kappa shape index (κ1) is 45.8. The minimum absolute atomic E-state index is 0.0217. The molecule has 2 aromatic carbocycles. The zero-order valence-corrected chi connectivity index (χ0v) is 36.5. The molecule has 5 rings (SSSR count). The van der Waals surface area contributed by atoms with E-state index in [2.05, 4.69) is 30.9 Å². The summed E-state index contributed by atoms with van der Waals surface area (Å²) in [5.74, 6) is -2.40. The number of guanidine groups is 1. The largest absolute Gasteiger partial charge is 0.344 e. The van der Waals surface area contributed by atoms with E-state index in [-0.39, 0.29) is 55.5 Å². The average Bonchev–Trinajstić information content (AvgIpc) is 3.72. The number of aryl methyl sites for hydroxylation is 2. The van der Waals surface area contributed by atoms with Gasteiger partial charge in [-0.3, -0.25) is 33.9 Å². The molecule has 3 aromatic rings. The molecule has 3 N–H and O–H groups in total. The van der Waals surface area contributed by atoms with Gasteiger partial charge in [0.25, 0.3) is 0 Å². The van der Waals surface area contributed by atoms with Gasteiger partial charge in [0, 0.05) is 62.1 Å². The first-order chi connectivity index (χ1) is 28.9. The van der Waals surface area contributed by atoms with Crippen molar-refractivity contribution in [3.8, 4) is 0 Å². The molecule has 3 atom stereocenters. The number of amides is 5. The van der Waals surface area contributed by atoms with Crippen LogP contribution >= 0.6 is 0 Å². The SMILES string of the molecule is CC(=O)[C@@H](NC(=O)C(C)(C)NC(=O)[C@@H]1CCCN1C(=O)[C@@H](CC(=O)c1ccc(C)c(N2CCC=NC(Nc3ccc(C)nc3)=NCN(C)C2=O)c1)Cc1ccccc1)C(C)C. The van der Waals surface area contributed by atoms with E-state index in [9.17, 15) is 28.8 Å². The number of Topliss-reactive ketones (excluding diaryl/α,β-unsaturated/α-hetero) is 2. The Morgan fingerprint density at radius 1 is 0.967 bits per heavy atom. The second-order valence-corrected chi connectivity index (χ2v) is 16.8. The molecular weight excluding hydrogens is 775 g/mol. The van der Waals surface area contributed by atoms with Crippen LogP contribution in [0.25, 0.3) is 0 Å². The normalized spacial score (nSPS) is 17.1. The van der Waals surface area contributed by atoms with Crippen molar-refractivity contribution in [1.82, 2.24) is 25.4 Å². The van der Waals surface area contributed by atoms with Gasteiger partial charge < -0.3 is 25.8 Å².